The lowest BCUT2D eigenvalue weighted by atomic mass is 9.77. The molecule has 2 rings (SSSR count). The Bertz CT molecular complexity index is 468. The Hall–Kier alpha value is -0.880. The molecule has 0 aromatic heterocycles. The predicted octanol–water partition coefficient (Wildman–Crippen LogP) is 0.192. The van der Waals surface area contributed by atoms with E-state index in [0.29, 0.717) is 0 Å². The molecule has 0 spiro atoms. The van der Waals surface area contributed by atoms with Crippen LogP contribution < -0.4 is 10.6 Å². The number of nitrogens with one attached hydrogen (secondary N) is 2. The molecule has 18 heavy (non-hydrogen) atoms. The van der Waals surface area contributed by atoms with Crippen LogP contribution in [0.1, 0.15) is 26.7 Å². The van der Waals surface area contributed by atoms with Crippen LogP contribution in [0.4, 0.5) is 0 Å². The monoisotopic (exact) mass is 272 g/mol. The molecule has 102 valence electrons. The zero-order valence-corrected chi connectivity index (χ0v) is 11.6. The van der Waals surface area contributed by atoms with Crippen LogP contribution in [0, 0.1) is 5.41 Å². The SMILES string of the molecule is CC1(C)CCCNC1C(=O)NC1C=CS(=O)(=O)C1. The maximum absolute atomic E-state index is 12.2. The lowest BCUT2D eigenvalue weighted by Crippen LogP contribution is -2.57. The molecule has 2 unspecified atom stereocenters. The van der Waals surface area contributed by atoms with E-state index in [1.165, 1.54) is 5.41 Å². The smallest absolute Gasteiger partial charge is 0.238 e. The van der Waals surface area contributed by atoms with Crippen LogP contribution in [0.3, 0.4) is 0 Å². The van der Waals surface area contributed by atoms with Crippen LogP contribution >= 0.6 is 0 Å². The van der Waals surface area contributed by atoms with E-state index in [0.717, 1.165) is 19.4 Å². The summed E-state index contributed by atoms with van der Waals surface area (Å²) < 4.78 is 22.5. The van der Waals surface area contributed by atoms with Gasteiger partial charge >= 0.3 is 0 Å². The molecule has 0 aromatic rings. The van der Waals surface area contributed by atoms with Crippen LogP contribution in [-0.4, -0.2) is 38.7 Å². The number of carbonyl (C=O) groups excluding carboxylic acids is 1. The predicted molar refractivity (Wildman–Crippen MR) is 69.7 cm³/mol. The molecule has 0 aromatic carbocycles. The van der Waals surface area contributed by atoms with Gasteiger partial charge in [0.25, 0.3) is 0 Å². The van der Waals surface area contributed by atoms with Gasteiger partial charge in [-0.25, -0.2) is 8.42 Å². The fourth-order valence-corrected chi connectivity index (χ4v) is 3.83. The zero-order valence-electron chi connectivity index (χ0n) is 10.8. The third kappa shape index (κ3) is 2.92. The molecule has 5 nitrogen and oxygen atoms in total. The Morgan fingerprint density at radius 1 is 1.44 bits per heavy atom. The van der Waals surface area contributed by atoms with Crippen molar-refractivity contribution in [3.05, 3.63) is 11.5 Å². The van der Waals surface area contributed by atoms with Gasteiger partial charge in [-0.05, 0) is 30.9 Å². The molecule has 6 heteroatoms. The molecule has 1 fully saturated rings. The van der Waals surface area contributed by atoms with Crippen molar-refractivity contribution in [1.29, 1.82) is 0 Å². The lowest BCUT2D eigenvalue weighted by Gasteiger charge is -2.38. The second-order valence-electron chi connectivity index (χ2n) is 5.75. The first-order valence-electron chi connectivity index (χ1n) is 6.25. The Balaban J connectivity index is 1.98. The van der Waals surface area contributed by atoms with Gasteiger partial charge in [0.2, 0.25) is 5.91 Å². The summed E-state index contributed by atoms with van der Waals surface area (Å²) in [4.78, 5) is 12.2. The van der Waals surface area contributed by atoms with E-state index in [9.17, 15) is 13.2 Å². The van der Waals surface area contributed by atoms with Gasteiger partial charge in [0, 0.05) is 5.41 Å². The fourth-order valence-electron chi connectivity index (χ4n) is 2.59. The highest BCUT2D eigenvalue weighted by Crippen LogP contribution is 2.30. The normalized spacial score (nSPS) is 33.2. The lowest BCUT2D eigenvalue weighted by molar-refractivity contribution is -0.127. The minimum atomic E-state index is -3.12. The molecular weight excluding hydrogens is 252 g/mol. The van der Waals surface area contributed by atoms with Gasteiger partial charge in [-0.2, -0.15) is 0 Å². The van der Waals surface area contributed by atoms with E-state index in [2.05, 4.69) is 24.5 Å². The zero-order chi connectivity index (χ0) is 13.4. The number of rotatable bonds is 2. The average Bonchev–Trinajstić information content (AvgIpc) is 2.57. The van der Waals surface area contributed by atoms with Crippen LogP contribution in [-0.2, 0) is 14.6 Å². The van der Waals surface area contributed by atoms with E-state index < -0.39 is 9.84 Å². The first-order valence-corrected chi connectivity index (χ1v) is 7.96. The number of piperidine rings is 1. The Morgan fingerprint density at radius 3 is 2.72 bits per heavy atom. The van der Waals surface area contributed by atoms with Crippen LogP contribution in [0.15, 0.2) is 11.5 Å². The summed E-state index contributed by atoms with van der Waals surface area (Å²) >= 11 is 0. The second-order valence-corrected chi connectivity index (χ2v) is 7.68. The van der Waals surface area contributed by atoms with Crippen molar-refractivity contribution in [2.75, 3.05) is 12.3 Å². The minimum absolute atomic E-state index is 0.0219. The third-order valence-corrected chi connectivity index (χ3v) is 5.04. The Morgan fingerprint density at radius 2 is 2.17 bits per heavy atom. The van der Waals surface area contributed by atoms with E-state index >= 15 is 0 Å². The first-order chi connectivity index (χ1) is 8.30. The molecule has 0 saturated carbocycles. The number of sulfone groups is 1. The minimum Gasteiger partial charge on any atom is -0.347 e. The molecule has 1 saturated heterocycles. The third-order valence-electron chi connectivity index (χ3n) is 3.65. The highest BCUT2D eigenvalue weighted by molar-refractivity contribution is 7.94. The van der Waals surface area contributed by atoms with Gasteiger partial charge in [0.05, 0.1) is 17.8 Å². The number of hydrogen-bond acceptors (Lipinski definition) is 4. The van der Waals surface area contributed by atoms with Crippen molar-refractivity contribution >= 4 is 15.7 Å². The molecule has 0 radical (unpaired) electrons. The number of hydrogen-bond donors (Lipinski definition) is 2. The highest BCUT2D eigenvalue weighted by atomic mass is 32.2. The molecule has 0 bridgehead atoms. The number of carbonyl (C=O) groups is 1. The van der Waals surface area contributed by atoms with Crippen molar-refractivity contribution in [3.8, 4) is 0 Å². The summed E-state index contributed by atoms with van der Waals surface area (Å²) in [5.74, 6) is -0.127. The first kappa shape index (κ1) is 13.5. The van der Waals surface area contributed by atoms with Gasteiger partial charge < -0.3 is 10.6 Å². The topological polar surface area (TPSA) is 75.3 Å². The molecule has 2 N–H and O–H groups in total. The summed E-state index contributed by atoms with van der Waals surface area (Å²) in [7, 11) is -3.12. The fraction of sp³-hybridized carbons (Fsp3) is 0.750. The van der Waals surface area contributed by atoms with Gasteiger partial charge in [0.1, 0.15) is 0 Å². The van der Waals surface area contributed by atoms with Crippen molar-refractivity contribution in [1.82, 2.24) is 10.6 Å². The van der Waals surface area contributed by atoms with E-state index in [1.54, 1.807) is 6.08 Å². The maximum atomic E-state index is 12.2. The molecule has 2 heterocycles. The molecule has 2 atom stereocenters. The van der Waals surface area contributed by atoms with Gasteiger partial charge in [-0.15, -0.1) is 0 Å². The van der Waals surface area contributed by atoms with Crippen molar-refractivity contribution in [2.24, 2.45) is 5.41 Å². The maximum Gasteiger partial charge on any atom is 0.238 e. The van der Waals surface area contributed by atoms with E-state index in [4.69, 9.17) is 0 Å². The second kappa shape index (κ2) is 4.66. The molecular formula is C12H20N2O3S. The quantitative estimate of drug-likeness (QED) is 0.752. The van der Waals surface area contributed by atoms with Gasteiger partial charge in [-0.3, -0.25) is 4.79 Å². The van der Waals surface area contributed by atoms with Crippen molar-refractivity contribution < 1.29 is 13.2 Å². The summed E-state index contributed by atoms with van der Waals surface area (Å²) in [5.41, 5.74) is -0.0937. The largest absolute Gasteiger partial charge is 0.347 e. The van der Waals surface area contributed by atoms with E-state index in [1.807, 2.05) is 0 Å². The summed E-state index contributed by atoms with van der Waals surface area (Å²) in [6.07, 6.45) is 3.61. The molecule has 1 amide bonds. The van der Waals surface area contributed by atoms with Crippen LogP contribution in [0.2, 0.25) is 0 Å². The van der Waals surface area contributed by atoms with E-state index in [-0.39, 0.29) is 29.2 Å². The summed E-state index contributed by atoms with van der Waals surface area (Å²) in [6, 6.07) is -0.634. The van der Waals surface area contributed by atoms with Crippen LogP contribution in [0.5, 0.6) is 0 Å². The van der Waals surface area contributed by atoms with Gasteiger partial charge in [-0.1, -0.05) is 13.8 Å². The molecule has 2 aliphatic heterocycles. The Labute approximate surface area is 108 Å². The number of amides is 1. The standard InChI is InChI=1S/C12H20N2O3S/c1-12(2)5-3-6-13-10(12)11(15)14-9-4-7-18(16,17)8-9/h4,7,9-10,13H,3,5-6,8H2,1-2H3,(H,14,15). The molecule has 0 aliphatic carbocycles. The Kier molecular flexibility index (Phi) is 3.51. The summed E-state index contributed by atoms with van der Waals surface area (Å²) in [6.45, 7) is 4.95. The van der Waals surface area contributed by atoms with Crippen LogP contribution in [0.25, 0.3) is 0 Å². The van der Waals surface area contributed by atoms with Gasteiger partial charge in [0.15, 0.2) is 9.84 Å². The molecule has 2 aliphatic rings. The summed E-state index contributed by atoms with van der Waals surface area (Å²) in [5, 5.41) is 7.19. The average molecular weight is 272 g/mol. The van der Waals surface area contributed by atoms with Crippen molar-refractivity contribution in [2.45, 2.75) is 38.8 Å². The highest BCUT2D eigenvalue weighted by Gasteiger charge is 2.38. The van der Waals surface area contributed by atoms with Crippen molar-refractivity contribution in [3.63, 3.8) is 0 Å².